The molecule has 0 spiro atoms. The monoisotopic (exact) mass is 285 g/mol. The average Bonchev–Trinajstić information content (AvgIpc) is 2.99. The lowest BCUT2D eigenvalue weighted by atomic mass is 10.1. The van der Waals surface area contributed by atoms with Gasteiger partial charge in [0.25, 0.3) is 0 Å². The van der Waals surface area contributed by atoms with Crippen molar-refractivity contribution in [2.45, 2.75) is 6.42 Å². The van der Waals surface area contributed by atoms with E-state index in [2.05, 4.69) is 4.98 Å². The molecule has 0 saturated carbocycles. The Morgan fingerprint density at radius 1 is 1.40 bits per heavy atom. The molecule has 3 rings (SSSR count). The maximum Gasteiger partial charge on any atom is 0.193 e. The van der Waals surface area contributed by atoms with Crippen LogP contribution < -0.4 is 4.90 Å². The zero-order valence-corrected chi connectivity index (χ0v) is 12.2. The maximum atomic E-state index is 12.3. The summed E-state index contributed by atoms with van der Waals surface area (Å²) in [7, 11) is 3.93. The van der Waals surface area contributed by atoms with Gasteiger partial charge in [0.1, 0.15) is 0 Å². The summed E-state index contributed by atoms with van der Waals surface area (Å²) >= 11 is 1.57. The van der Waals surface area contributed by atoms with Crippen LogP contribution in [0.15, 0.2) is 42.0 Å². The number of carbonyl (C=O) groups is 1. The van der Waals surface area contributed by atoms with Crippen molar-refractivity contribution in [3.63, 3.8) is 0 Å². The molecule has 102 valence electrons. The van der Waals surface area contributed by atoms with E-state index in [0.29, 0.717) is 6.42 Å². The Kier molecular flexibility index (Phi) is 3.28. The maximum absolute atomic E-state index is 12.3. The van der Waals surface area contributed by atoms with Crippen LogP contribution in [0.1, 0.15) is 16.1 Å². The molecule has 0 aliphatic heterocycles. The molecule has 0 amide bonds. The quantitative estimate of drug-likeness (QED) is 0.692. The van der Waals surface area contributed by atoms with Crippen LogP contribution in [0.5, 0.6) is 0 Å². The minimum absolute atomic E-state index is 0.0967. The Hall–Kier alpha value is -2.14. The van der Waals surface area contributed by atoms with Gasteiger partial charge >= 0.3 is 0 Å². The van der Waals surface area contributed by atoms with Crippen LogP contribution in [0.2, 0.25) is 0 Å². The molecule has 5 heteroatoms. The third-order valence-electron chi connectivity index (χ3n) is 3.17. The Balaban J connectivity index is 1.82. The summed E-state index contributed by atoms with van der Waals surface area (Å²) in [5.74, 6) is 0.0967. The summed E-state index contributed by atoms with van der Waals surface area (Å²) in [6, 6.07) is 7.67. The first-order valence-corrected chi connectivity index (χ1v) is 7.23. The molecule has 0 aliphatic carbocycles. The van der Waals surface area contributed by atoms with Crippen molar-refractivity contribution in [3.05, 3.63) is 53.3 Å². The first kappa shape index (κ1) is 12.9. The van der Waals surface area contributed by atoms with Crippen molar-refractivity contribution in [2.24, 2.45) is 0 Å². The zero-order chi connectivity index (χ0) is 14.1. The number of aromatic nitrogens is 2. The fraction of sp³-hybridized carbons (Fsp3) is 0.200. The Morgan fingerprint density at radius 2 is 2.25 bits per heavy atom. The number of thiazole rings is 1. The number of carbonyl (C=O) groups excluding carboxylic acids is 1. The number of imidazole rings is 1. The number of benzene rings is 1. The van der Waals surface area contributed by atoms with E-state index in [0.717, 1.165) is 21.9 Å². The van der Waals surface area contributed by atoms with Gasteiger partial charge in [0.15, 0.2) is 10.7 Å². The summed E-state index contributed by atoms with van der Waals surface area (Å²) in [4.78, 5) is 19.7. The number of nitrogens with zero attached hydrogens (tertiary/aromatic N) is 3. The van der Waals surface area contributed by atoms with Gasteiger partial charge in [0.05, 0.1) is 12.1 Å². The summed E-state index contributed by atoms with van der Waals surface area (Å²) < 4.78 is 1.95. The van der Waals surface area contributed by atoms with Crippen molar-refractivity contribution in [3.8, 4) is 0 Å². The van der Waals surface area contributed by atoms with Gasteiger partial charge in [-0.15, -0.1) is 11.3 Å². The predicted molar refractivity (Wildman–Crippen MR) is 81.9 cm³/mol. The van der Waals surface area contributed by atoms with E-state index in [9.17, 15) is 4.79 Å². The van der Waals surface area contributed by atoms with Gasteiger partial charge in [-0.1, -0.05) is 12.1 Å². The van der Waals surface area contributed by atoms with Crippen LogP contribution in [0.3, 0.4) is 0 Å². The van der Waals surface area contributed by atoms with Gasteiger partial charge in [-0.2, -0.15) is 0 Å². The van der Waals surface area contributed by atoms with Gasteiger partial charge in [-0.25, -0.2) is 4.98 Å². The second-order valence-electron chi connectivity index (χ2n) is 4.87. The molecule has 0 radical (unpaired) electrons. The number of fused-ring (bicyclic) bond motifs is 1. The molecule has 20 heavy (non-hydrogen) atoms. The summed E-state index contributed by atoms with van der Waals surface area (Å²) in [5.41, 5.74) is 2.58. The van der Waals surface area contributed by atoms with Crippen molar-refractivity contribution in [1.82, 2.24) is 9.38 Å². The van der Waals surface area contributed by atoms with Crippen LogP contribution in [0, 0.1) is 0 Å². The van der Waals surface area contributed by atoms with Gasteiger partial charge in [0, 0.05) is 43.1 Å². The number of ketones is 1. The molecule has 0 bridgehead atoms. The highest BCUT2D eigenvalue weighted by atomic mass is 32.1. The van der Waals surface area contributed by atoms with E-state index in [1.54, 1.807) is 11.3 Å². The van der Waals surface area contributed by atoms with E-state index in [4.69, 9.17) is 0 Å². The third kappa shape index (κ3) is 2.44. The van der Waals surface area contributed by atoms with Crippen LogP contribution >= 0.6 is 11.3 Å². The van der Waals surface area contributed by atoms with Gasteiger partial charge in [0.2, 0.25) is 0 Å². The van der Waals surface area contributed by atoms with Crippen LogP contribution in [0.4, 0.5) is 5.69 Å². The second-order valence-corrected chi connectivity index (χ2v) is 5.74. The van der Waals surface area contributed by atoms with Crippen LogP contribution in [-0.4, -0.2) is 29.3 Å². The van der Waals surface area contributed by atoms with E-state index in [1.165, 1.54) is 0 Å². The summed E-state index contributed by atoms with van der Waals surface area (Å²) in [6.07, 6.45) is 4.21. The topological polar surface area (TPSA) is 37.6 Å². The smallest absolute Gasteiger partial charge is 0.193 e. The lowest BCUT2D eigenvalue weighted by molar-refractivity contribution is 0.0992. The second kappa shape index (κ2) is 5.09. The number of rotatable bonds is 4. The zero-order valence-electron chi connectivity index (χ0n) is 11.4. The minimum Gasteiger partial charge on any atom is -0.378 e. The fourth-order valence-corrected chi connectivity index (χ4v) is 2.80. The minimum atomic E-state index is 0.0967. The van der Waals surface area contributed by atoms with Crippen LogP contribution in [-0.2, 0) is 6.42 Å². The number of hydrogen-bond acceptors (Lipinski definition) is 4. The number of Topliss-reactive ketones (excluding diaryl/α,β-unsaturated/α-hetero) is 1. The standard InChI is InChI=1S/C15H15N3OS/c1-17(2)13-5-3-4-11(8-13)14(19)9-12-10-18-6-7-20-15(18)16-12/h3-8,10H,9H2,1-2H3. The first-order valence-electron chi connectivity index (χ1n) is 6.35. The molecular formula is C15H15N3OS. The third-order valence-corrected chi connectivity index (χ3v) is 3.94. The Labute approximate surface area is 121 Å². The fourth-order valence-electron chi connectivity index (χ4n) is 2.09. The largest absolute Gasteiger partial charge is 0.378 e. The normalized spacial score (nSPS) is 10.9. The molecular weight excluding hydrogens is 270 g/mol. The van der Waals surface area contributed by atoms with Gasteiger partial charge in [-0.05, 0) is 12.1 Å². The van der Waals surface area contributed by atoms with Crippen molar-refractivity contribution in [2.75, 3.05) is 19.0 Å². The molecule has 0 unspecified atom stereocenters. The van der Waals surface area contributed by atoms with Crippen molar-refractivity contribution >= 4 is 27.8 Å². The van der Waals surface area contributed by atoms with Gasteiger partial charge in [-0.3, -0.25) is 9.20 Å². The van der Waals surface area contributed by atoms with Gasteiger partial charge < -0.3 is 4.90 Å². The average molecular weight is 285 g/mol. The number of anilines is 1. The first-order chi connectivity index (χ1) is 9.63. The Bertz CT molecular complexity index is 729. The molecule has 0 saturated heterocycles. The molecule has 0 N–H and O–H groups in total. The highest BCUT2D eigenvalue weighted by Crippen LogP contribution is 2.16. The molecule has 0 atom stereocenters. The molecule has 0 aliphatic rings. The Morgan fingerprint density at radius 3 is 3.00 bits per heavy atom. The molecule has 0 fully saturated rings. The molecule has 1 aromatic carbocycles. The SMILES string of the molecule is CN(C)c1cccc(C(=O)Cc2cn3ccsc3n2)c1. The molecule has 3 aromatic rings. The van der Waals surface area contributed by atoms with E-state index in [1.807, 2.05) is 65.4 Å². The van der Waals surface area contributed by atoms with Crippen molar-refractivity contribution in [1.29, 1.82) is 0 Å². The molecule has 2 heterocycles. The molecule has 4 nitrogen and oxygen atoms in total. The van der Waals surface area contributed by atoms with Crippen LogP contribution in [0.25, 0.3) is 4.96 Å². The summed E-state index contributed by atoms with van der Waals surface area (Å²) in [6.45, 7) is 0. The molecule has 2 aromatic heterocycles. The lowest BCUT2D eigenvalue weighted by Crippen LogP contribution is -2.10. The highest BCUT2D eigenvalue weighted by Gasteiger charge is 2.11. The van der Waals surface area contributed by atoms with E-state index >= 15 is 0 Å². The van der Waals surface area contributed by atoms with Crippen molar-refractivity contribution < 1.29 is 4.79 Å². The number of hydrogen-bond donors (Lipinski definition) is 0. The lowest BCUT2D eigenvalue weighted by Gasteiger charge is -2.12. The predicted octanol–water partition coefficient (Wildman–Crippen LogP) is 2.89. The summed E-state index contributed by atoms with van der Waals surface area (Å²) in [5, 5.41) is 1.98. The van der Waals surface area contributed by atoms with E-state index in [-0.39, 0.29) is 5.78 Å². The highest BCUT2D eigenvalue weighted by molar-refractivity contribution is 7.15. The van der Waals surface area contributed by atoms with E-state index < -0.39 is 0 Å².